The SMILES string of the molecule is CCOCCCNc1nc(C)cn1CCCCC(F)(F)F. The second-order valence-corrected chi connectivity index (χ2v) is 4.95. The number of aromatic nitrogens is 2. The third-order valence-corrected chi connectivity index (χ3v) is 2.96. The molecule has 0 aliphatic rings. The summed E-state index contributed by atoms with van der Waals surface area (Å²) >= 11 is 0. The van der Waals surface area contributed by atoms with Gasteiger partial charge in [-0.15, -0.1) is 0 Å². The van der Waals surface area contributed by atoms with Crippen molar-refractivity contribution in [3.63, 3.8) is 0 Å². The molecule has 1 rings (SSSR count). The molecule has 1 aromatic rings. The quantitative estimate of drug-likeness (QED) is 0.669. The van der Waals surface area contributed by atoms with Gasteiger partial charge in [0.25, 0.3) is 0 Å². The normalized spacial score (nSPS) is 11.9. The molecule has 0 spiro atoms. The van der Waals surface area contributed by atoms with Gasteiger partial charge in [0, 0.05) is 38.9 Å². The van der Waals surface area contributed by atoms with Crippen LogP contribution in [0.5, 0.6) is 0 Å². The van der Waals surface area contributed by atoms with Crippen LogP contribution in [0.15, 0.2) is 6.20 Å². The Hall–Kier alpha value is -1.24. The molecule has 1 heterocycles. The summed E-state index contributed by atoms with van der Waals surface area (Å²) in [4.78, 5) is 4.34. The largest absolute Gasteiger partial charge is 0.389 e. The Morgan fingerprint density at radius 1 is 1.29 bits per heavy atom. The Balaban J connectivity index is 2.33. The minimum atomic E-state index is -4.06. The standard InChI is InChI=1S/C14H24F3N3O/c1-3-21-10-6-8-18-13-19-12(2)11-20(13)9-5-4-7-14(15,16)17/h11H,3-10H2,1-2H3,(H,18,19). The van der Waals surface area contributed by atoms with Crippen LogP contribution in [-0.4, -0.2) is 35.5 Å². The highest BCUT2D eigenvalue weighted by Crippen LogP contribution is 2.22. The maximum absolute atomic E-state index is 12.1. The van der Waals surface area contributed by atoms with E-state index in [-0.39, 0.29) is 6.42 Å². The molecule has 1 N–H and O–H groups in total. The van der Waals surface area contributed by atoms with Gasteiger partial charge in [-0.05, 0) is 33.1 Å². The number of hydrogen-bond donors (Lipinski definition) is 1. The number of alkyl halides is 3. The van der Waals surface area contributed by atoms with E-state index in [9.17, 15) is 13.2 Å². The summed E-state index contributed by atoms with van der Waals surface area (Å²) in [6.07, 6.45) is -1.43. The fourth-order valence-electron chi connectivity index (χ4n) is 1.98. The molecule has 0 amide bonds. The first kappa shape index (κ1) is 17.8. The van der Waals surface area contributed by atoms with Crippen LogP contribution in [0.3, 0.4) is 0 Å². The molecule has 0 bridgehead atoms. The maximum atomic E-state index is 12.1. The van der Waals surface area contributed by atoms with E-state index >= 15 is 0 Å². The summed E-state index contributed by atoms with van der Waals surface area (Å²) in [5.41, 5.74) is 0.859. The van der Waals surface area contributed by atoms with Gasteiger partial charge in [-0.25, -0.2) is 4.98 Å². The third-order valence-electron chi connectivity index (χ3n) is 2.96. The topological polar surface area (TPSA) is 39.1 Å². The van der Waals surface area contributed by atoms with Crippen LogP contribution in [0.2, 0.25) is 0 Å². The van der Waals surface area contributed by atoms with Gasteiger partial charge < -0.3 is 14.6 Å². The number of aryl methyl sites for hydroxylation is 2. The number of hydrogen-bond acceptors (Lipinski definition) is 3. The van der Waals surface area contributed by atoms with E-state index in [2.05, 4.69) is 10.3 Å². The molecule has 0 fully saturated rings. The smallest absolute Gasteiger partial charge is 0.382 e. The summed E-state index contributed by atoms with van der Waals surface area (Å²) in [6.45, 7) is 6.49. The van der Waals surface area contributed by atoms with Crippen LogP contribution >= 0.6 is 0 Å². The van der Waals surface area contributed by atoms with Gasteiger partial charge in [0.15, 0.2) is 0 Å². The van der Waals surface area contributed by atoms with Crippen molar-refractivity contribution < 1.29 is 17.9 Å². The zero-order valence-corrected chi connectivity index (χ0v) is 12.7. The van der Waals surface area contributed by atoms with Gasteiger partial charge in [0.2, 0.25) is 5.95 Å². The number of unbranched alkanes of at least 4 members (excludes halogenated alkanes) is 1. The number of nitrogens with zero attached hydrogens (tertiary/aromatic N) is 2. The maximum Gasteiger partial charge on any atom is 0.389 e. The number of rotatable bonds is 10. The Morgan fingerprint density at radius 2 is 2.05 bits per heavy atom. The average Bonchev–Trinajstić information content (AvgIpc) is 2.74. The lowest BCUT2D eigenvalue weighted by Crippen LogP contribution is -2.11. The fourth-order valence-corrected chi connectivity index (χ4v) is 1.98. The molecule has 0 unspecified atom stereocenters. The van der Waals surface area contributed by atoms with Crippen molar-refractivity contribution in [3.05, 3.63) is 11.9 Å². The Labute approximate surface area is 123 Å². The first-order valence-electron chi connectivity index (χ1n) is 7.34. The van der Waals surface area contributed by atoms with Crippen molar-refractivity contribution in [2.24, 2.45) is 0 Å². The van der Waals surface area contributed by atoms with Gasteiger partial charge in [0.05, 0.1) is 5.69 Å². The van der Waals surface area contributed by atoms with Gasteiger partial charge in [-0.2, -0.15) is 13.2 Å². The molecule has 0 aliphatic heterocycles. The highest BCUT2D eigenvalue weighted by Gasteiger charge is 2.25. The van der Waals surface area contributed by atoms with Gasteiger partial charge in [-0.3, -0.25) is 0 Å². The van der Waals surface area contributed by atoms with Crippen LogP contribution in [0.25, 0.3) is 0 Å². The van der Waals surface area contributed by atoms with Crippen molar-refractivity contribution in [2.75, 3.05) is 25.1 Å². The van der Waals surface area contributed by atoms with E-state index in [4.69, 9.17) is 4.74 Å². The van der Waals surface area contributed by atoms with E-state index in [1.54, 1.807) is 0 Å². The van der Waals surface area contributed by atoms with Crippen molar-refractivity contribution in [3.8, 4) is 0 Å². The summed E-state index contributed by atoms with van der Waals surface area (Å²) in [5, 5.41) is 3.20. The van der Waals surface area contributed by atoms with E-state index < -0.39 is 12.6 Å². The molecular formula is C14H24F3N3O. The van der Waals surface area contributed by atoms with Gasteiger partial charge in [0.1, 0.15) is 0 Å². The Bertz CT molecular complexity index is 405. The van der Waals surface area contributed by atoms with Crippen molar-refractivity contribution in [2.45, 2.75) is 52.3 Å². The number of imidazole rings is 1. The average molecular weight is 307 g/mol. The predicted molar refractivity (Wildman–Crippen MR) is 76.5 cm³/mol. The van der Waals surface area contributed by atoms with Crippen molar-refractivity contribution in [1.29, 1.82) is 0 Å². The third kappa shape index (κ3) is 7.94. The molecule has 122 valence electrons. The molecule has 0 saturated heterocycles. The summed E-state index contributed by atoms with van der Waals surface area (Å²) in [7, 11) is 0. The van der Waals surface area contributed by atoms with Crippen LogP contribution in [0.4, 0.5) is 19.1 Å². The second kappa shape index (κ2) is 8.92. The van der Waals surface area contributed by atoms with E-state index in [0.717, 1.165) is 24.6 Å². The minimum absolute atomic E-state index is 0.143. The molecular weight excluding hydrogens is 283 g/mol. The second-order valence-electron chi connectivity index (χ2n) is 4.95. The first-order valence-corrected chi connectivity index (χ1v) is 7.34. The molecule has 0 aliphatic carbocycles. The highest BCUT2D eigenvalue weighted by atomic mass is 19.4. The van der Waals surface area contributed by atoms with Crippen LogP contribution in [-0.2, 0) is 11.3 Å². The monoisotopic (exact) mass is 307 g/mol. The summed E-state index contributed by atoms with van der Waals surface area (Å²) < 4.78 is 43.4. The predicted octanol–water partition coefficient (Wildman–Crippen LogP) is 3.76. The zero-order valence-electron chi connectivity index (χ0n) is 12.7. The van der Waals surface area contributed by atoms with Crippen molar-refractivity contribution >= 4 is 5.95 Å². The lowest BCUT2D eigenvalue weighted by molar-refractivity contribution is -0.135. The Kier molecular flexibility index (Phi) is 7.56. The lowest BCUT2D eigenvalue weighted by atomic mass is 10.2. The zero-order chi connectivity index (χ0) is 15.7. The molecule has 1 aromatic heterocycles. The summed E-state index contributed by atoms with van der Waals surface area (Å²) in [6, 6.07) is 0. The van der Waals surface area contributed by atoms with Gasteiger partial charge >= 0.3 is 6.18 Å². The molecule has 0 radical (unpaired) electrons. The Morgan fingerprint density at radius 3 is 2.71 bits per heavy atom. The van der Waals surface area contributed by atoms with Crippen LogP contribution in [0.1, 0.15) is 38.3 Å². The number of ether oxygens (including phenoxy) is 1. The summed E-state index contributed by atoms with van der Waals surface area (Å²) in [5.74, 6) is 0.719. The van der Waals surface area contributed by atoms with E-state index in [0.29, 0.717) is 26.2 Å². The number of halogens is 3. The first-order chi connectivity index (χ1) is 9.92. The lowest BCUT2D eigenvalue weighted by Gasteiger charge is -2.10. The highest BCUT2D eigenvalue weighted by molar-refractivity contribution is 5.28. The van der Waals surface area contributed by atoms with E-state index in [1.807, 2.05) is 24.6 Å². The molecule has 0 aromatic carbocycles. The molecule has 0 atom stereocenters. The molecule has 4 nitrogen and oxygen atoms in total. The molecule has 7 heteroatoms. The van der Waals surface area contributed by atoms with Crippen molar-refractivity contribution in [1.82, 2.24) is 9.55 Å². The minimum Gasteiger partial charge on any atom is -0.382 e. The molecule has 0 saturated carbocycles. The number of nitrogens with one attached hydrogen (secondary N) is 1. The van der Waals surface area contributed by atoms with Crippen LogP contribution < -0.4 is 5.32 Å². The molecule has 21 heavy (non-hydrogen) atoms. The fraction of sp³-hybridized carbons (Fsp3) is 0.786. The van der Waals surface area contributed by atoms with E-state index in [1.165, 1.54) is 0 Å². The van der Waals surface area contributed by atoms with Crippen LogP contribution in [0, 0.1) is 6.92 Å². The van der Waals surface area contributed by atoms with Gasteiger partial charge in [-0.1, -0.05) is 0 Å². The number of anilines is 1.